The Bertz CT molecular complexity index is 179. The van der Waals surface area contributed by atoms with Crippen LogP contribution in [-0.4, -0.2) is 12.9 Å². The molecule has 4 heteroatoms. The molecule has 0 radical (unpaired) electrons. The van der Waals surface area contributed by atoms with Gasteiger partial charge in [-0.3, -0.25) is 4.39 Å². The van der Waals surface area contributed by atoms with Crippen molar-refractivity contribution >= 4 is 0 Å². The van der Waals surface area contributed by atoms with E-state index in [0.29, 0.717) is 0 Å². The Morgan fingerprint density at radius 3 is 1.57 bits per heavy atom. The Morgan fingerprint density at radius 1 is 0.857 bits per heavy atom. The van der Waals surface area contributed by atoms with Crippen LogP contribution in [0.15, 0.2) is 0 Å². The average Bonchev–Trinajstić information content (AvgIpc) is 1.99. The molecule has 86 valence electrons. The molecule has 0 nitrogen and oxygen atoms in total. The Hall–Kier alpha value is -0.280. The molecule has 0 unspecified atom stereocenters. The lowest BCUT2D eigenvalue weighted by molar-refractivity contribution is -0.215. The molecule has 0 aromatic rings. The van der Waals surface area contributed by atoms with Crippen LogP contribution in [-0.2, 0) is 0 Å². The molecule has 0 spiro atoms. The monoisotopic (exact) mass is 214 g/mol. The van der Waals surface area contributed by atoms with Gasteiger partial charge < -0.3 is 0 Å². The molecule has 0 aliphatic heterocycles. The summed E-state index contributed by atoms with van der Waals surface area (Å²) in [5.74, 6) is 0. The molecular formula is C10H18F4. The predicted molar refractivity (Wildman–Crippen MR) is 48.8 cm³/mol. The van der Waals surface area contributed by atoms with E-state index in [1.54, 1.807) is 13.8 Å². The second-order valence-electron chi connectivity index (χ2n) is 5.18. The number of alkyl halides is 4. The zero-order chi connectivity index (χ0) is 11.6. The van der Waals surface area contributed by atoms with Gasteiger partial charge in [-0.05, 0) is 18.3 Å². The first-order valence-electron chi connectivity index (χ1n) is 4.64. The molecule has 14 heavy (non-hydrogen) atoms. The molecule has 0 aliphatic rings. The highest BCUT2D eigenvalue weighted by molar-refractivity contribution is 4.80. The van der Waals surface area contributed by atoms with Gasteiger partial charge in [0, 0.05) is 0 Å². The standard InChI is InChI=1S/C10H18F4/c1-8(2,7-11)5-6-9(3,4)10(12,13)14/h5-7H2,1-4H3. The number of hydrogen-bond donors (Lipinski definition) is 0. The number of hydrogen-bond acceptors (Lipinski definition) is 0. The lowest BCUT2D eigenvalue weighted by atomic mass is 9.79. The van der Waals surface area contributed by atoms with Gasteiger partial charge in [-0.2, -0.15) is 13.2 Å². The highest BCUT2D eigenvalue weighted by Crippen LogP contribution is 2.43. The van der Waals surface area contributed by atoms with Crippen molar-refractivity contribution < 1.29 is 17.6 Å². The summed E-state index contributed by atoms with van der Waals surface area (Å²) in [5, 5.41) is 0. The van der Waals surface area contributed by atoms with Gasteiger partial charge in [0.05, 0.1) is 12.1 Å². The fraction of sp³-hybridized carbons (Fsp3) is 1.00. The van der Waals surface area contributed by atoms with Crippen LogP contribution in [0.5, 0.6) is 0 Å². The molecule has 0 fully saturated rings. The topological polar surface area (TPSA) is 0 Å². The zero-order valence-corrected chi connectivity index (χ0v) is 9.13. The summed E-state index contributed by atoms with van der Waals surface area (Å²) in [6.45, 7) is 5.00. The molecule has 0 amide bonds. The maximum absolute atomic E-state index is 12.4. The van der Waals surface area contributed by atoms with E-state index < -0.39 is 23.7 Å². The van der Waals surface area contributed by atoms with E-state index in [1.165, 1.54) is 0 Å². The van der Waals surface area contributed by atoms with E-state index in [4.69, 9.17) is 0 Å². The van der Waals surface area contributed by atoms with Crippen LogP contribution in [0.3, 0.4) is 0 Å². The molecular weight excluding hydrogens is 196 g/mol. The van der Waals surface area contributed by atoms with Gasteiger partial charge in [-0.15, -0.1) is 0 Å². The van der Waals surface area contributed by atoms with Gasteiger partial charge in [0.15, 0.2) is 0 Å². The zero-order valence-electron chi connectivity index (χ0n) is 9.13. The molecule has 0 aromatic heterocycles. The summed E-state index contributed by atoms with van der Waals surface area (Å²) < 4.78 is 49.6. The van der Waals surface area contributed by atoms with Crippen molar-refractivity contribution in [1.82, 2.24) is 0 Å². The van der Waals surface area contributed by atoms with E-state index in [2.05, 4.69) is 0 Å². The largest absolute Gasteiger partial charge is 0.393 e. The van der Waals surface area contributed by atoms with E-state index in [0.717, 1.165) is 13.8 Å². The Balaban J connectivity index is 4.27. The summed E-state index contributed by atoms with van der Waals surface area (Å²) in [6, 6.07) is 0. The van der Waals surface area contributed by atoms with Gasteiger partial charge in [0.1, 0.15) is 0 Å². The molecule has 0 rings (SSSR count). The summed E-state index contributed by atoms with van der Waals surface area (Å²) in [7, 11) is 0. The van der Waals surface area contributed by atoms with Gasteiger partial charge in [-0.25, -0.2) is 0 Å². The predicted octanol–water partition coefficient (Wildman–Crippen LogP) is 4.35. The van der Waals surface area contributed by atoms with Crippen molar-refractivity contribution in [2.45, 2.75) is 46.7 Å². The molecule has 0 saturated carbocycles. The summed E-state index contributed by atoms with van der Waals surface area (Å²) in [4.78, 5) is 0. The highest BCUT2D eigenvalue weighted by atomic mass is 19.4. The van der Waals surface area contributed by atoms with Crippen molar-refractivity contribution in [3.63, 3.8) is 0 Å². The van der Waals surface area contributed by atoms with Crippen molar-refractivity contribution in [3.05, 3.63) is 0 Å². The van der Waals surface area contributed by atoms with Crippen LogP contribution in [0.2, 0.25) is 0 Å². The first-order valence-corrected chi connectivity index (χ1v) is 4.64. The lowest BCUT2D eigenvalue weighted by Crippen LogP contribution is -2.33. The van der Waals surface area contributed by atoms with E-state index >= 15 is 0 Å². The van der Waals surface area contributed by atoms with E-state index in [9.17, 15) is 17.6 Å². The SMILES string of the molecule is CC(C)(CF)CCC(C)(C)C(F)(F)F. The van der Waals surface area contributed by atoms with E-state index in [-0.39, 0.29) is 12.8 Å². The summed E-state index contributed by atoms with van der Waals surface area (Å²) in [6.07, 6.45) is -4.00. The molecule has 0 saturated heterocycles. The lowest BCUT2D eigenvalue weighted by Gasteiger charge is -2.31. The minimum atomic E-state index is -4.21. The summed E-state index contributed by atoms with van der Waals surface area (Å²) in [5.41, 5.74) is -2.37. The molecule has 0 atom stereocenters. The molecule has 0 N–H and O–H groups in total. The van der Waals surface area contributed by atoms with Crippen molar-refractivity contribution in [2.75, 3.05) is 6.67 Å². The maximum Gasteiger partial charge on any atom is 0.393 e. The quantitative estimate of drug-likeness (QED) is 0.610. The first kappa shape index (κ1) is 13.7. The average molecular weight is 214 g/mol. The number of halogens is 4. The van der Waals surface area contributed by atoms with Crippen LogP contribution < -0.4 is 0 Å². The third-order valence-electron chi connectivity index (χ3n) is 2.56. The second-order valence-corrected chi connectivity index (χ2v) is 5.18. The smallest absolute Gasteiger partial charge is 0.251 e. The van der Waals surface area contributed by atoms with Crippen molar-refractivity contribution in [1.29, 1.82) is 0 Å². The molecule has 0 aromatic carbocycles. The Labute approximate surface area is 82.7 Å². The van der Waals surface area contributed by atoms with Crippen LogP contribution >= 0.6 is 0 Å². The minimum absolute atomic E-state index is 0.0343. The summed E-state index contributed by atoms with van der Waals surface area (Å²) >= 11 is 0. The first-order chi connectivity index (χ1) is 6.02. The van der Waals surface area contributed by atoms with Crippen LogP contribution in [0.4, 0.5) is 17.6 Å². The van der Waals surface area contributed by atoms with Crippen molar-refractivity contribution in [2.24, 2.45) is 10.8 Å². The maximum atomic E-state index is 12.4. The minimum Gasteiger partial charge on any atom is -0.251 e. The van der Waals surface area contributed by atoms with Crippen LogP contribution in [0, 0.1) is 10.8 Å². The fourth-order valence-corrected chi connectivity index (χ4v) is 0.859. The van der Waals surface area contributed by atoms with Gasteiger partial charge >= 0.3 is 6.18 Å². The van der Waals surface area contributed by atoms with Gasteiger partial charge in [0.25, 0.3) is 0 Å². The van der Waals surface area contributed by atoms with Crippen LogP contribution in [0.25, 0.3) is 0 Å². The third kappa shape index (κ3) is 3.84. The van der Waals surface area contributed by atoms with Gasteiger partial charge in [-0.1, -0.05) is 27.7 Å². The van der Waals surface area contributed by atoms with E-state index in [1.807, 2.05) is 0 Å². The fourth-order valence-electron chi connectivity index (χ4n) is 0.859. The van der Waals surface area contributed by atoms with Gasteiger partial charge in [0.2, 0.25) is 0 Å². The Morgan fingerprint density at radius 2 is 1.29 bits per heavy atom. The normalized spacial score (nSPS) is 14.6. The van der Waals surface area contributed by atoms with Crippen LogP contribution in [0.1, 0.15) is 40.5 Å². The highest BCUT2D eigenvalue weighted by Gasteiger charge is 2.47. The molecule has 0 bridgehead atoms. The molecule has 0 heterocycles. The number of rotatable bonds is 4. The third-order valence-corrected chi connectivity index (χ3v) is 2.56. The van der Waals surface area contributed by atoms with Crippen molar-refractivity contribution in [3.8, 4) is 0 Å². The Kier molecular flexibility index (Phi) is 3.99. The molecule has 0 aliphatic carbocycles. The second kappa shape index (κ2) is 4.07.